The molecule has 1 unspecified atom stereocenters. The molecule has 0 aromatic heterocycles. The van der Waals surface area contributed by atoms with Gasteiger partial charge in [0, 0.05) is 12.3 Å². The number of benzene rings is 4. The predicted molar refractivity (Wildman–Crippen MR) is 183 cm³/mol. The van der Waals surface area contributed by atoms with E-state index in [1.807, 2.05) is 55.5 Å². The van der Waals surface area contributed by atoms with Gasteiger partial charge < -0.3 is 0 Å². The molecule has 7 rings (SSSR count). The summed E-state index contributed by atoms with van der Waals surface area (Å²) < 4.78 is 87.8. The maximum atomic E-state index is 14.9. The number of fused-ring (bicyclic) bond motifs is 5. The van der Waals surface area contributed by atoms with Crippen LogP contribution in [0.2, 0.25) is 0 Å². The van der Waals surface area contributed by atoms with Crippen LogP contribution >= 0.6 is 0 Å². The maximum absolute atomic E-state index is 14.9. The molecule has 0 nitrogen and oxygen atoms in total. The van der Waals surface area contributed by atoms with Crippen molar-refractivity contribution in [1.29, 1.82) is 0 Å². The largest absolute Gasteiger partial charge is 0.208 e. The number of allylic oxidation sites excluding steroid dienone is 16. The van der Waals surface area contributed by atoms with Gasteiger partial charge >= 0.3 is 0 Å². The smallest absolute Gasteiger partial charge is 0.194 e. The Kier molecular flexibility index (Phi) is 7.83. The van der Waals surface area contributed by atoms with Crippen molar-refractivity contribution in [3.05, 3.63) is 179 Å². The van der Waals surface area contributed by atoms with E-state index in [2.05, 4.69) is 19.2 Å². The third kappa shape index (κ3) is 4.94. The van der Waals surface area contributed by atoms with E-state index in [-0.39, 0.29) is 5.56 Å². The van der Waals surface area contributed by atoms with Crippen LogP contribution in [0.15, 0.2) is 144 Å². The molecule has 238 valence electrons. The van der Waals surface area contributed by atoms with Gasteiger partial charge in [-0.05, 0) is 121 Å². The zero-order chi connectivity index (χ0) is 33.9. The van der Waals surface area contributed by atoms with Gasteiger partial charge in [-0.3, -0.25) is 0 Å². The van der Waals surface area contributed by atoms with E-state index in [1.54, 1.807) is 24.3 Å². The second-order valence-corrected chi connectivity index (χ2v) is 12.0. The zero-order valence-corrected chi connectivity index (χ0v) is 25.9. The van der Waals surface area contributed by atoms with E-state index in [1.165, 1.54) is 0 Å². The first-order chi connectivity index (χ1) is 23.1. The molecule has 1 atom stereocenters. The molecule has 0 amide bonds. The van der Waals surface area contributed by atoms with Crippen LogP contribution in [0.25, 0.3) is 43.8 Å². The van der Waals surface area contributed by atoms with Crippen LogP contribution in [-0.2, 0) is 0 Å². The molecule has 0 bridgehead atoms. The highest BCUT2D eigenvalue weighted by Crippen LogP contribution is 2.53. The highest BCUT2D eigenvalue weighted by Gasteiger charge is 2.32. The Morgan fingerprint density at radius 3 is 2.23 bits per heavy atom. The van der Waals surface area contributed by atoms with Gasteiger partial charge in [0.15, 0.2) is 29.1 Å². The first kappa shape index (κ1) is 31.3. The molecule has 6 heteroatoms. The van der Waals surface area contributed by atoms with Crippen LogP contribution in [0, 0.1) is 17.5 Å². The molecule has 3 aliphatic rings. The molecule has 0 heterocycles. The third-order valence-electron chi connectivity index (χ3n) is 9.18. The van der Waals surface area contributed by atoms with Crippen molar-refractivity contribution in [2.45, 2.75) is 25.7 Å². The molecule has 48 heavy (non-hydrogen) atoms. The molecule has 0 aliphatic heterocycles. The van der Waals surface area contributed by atoms with Crippen LogP contribution in [0.5, 0.6) is 0 Å². The van der Waals surface area contributed by atoms with Crippen molar-refractivity contribution in [2.75, 3.05) is 0 Å². The van der Waals surface area contributed by atoms with E-state index in [4.69, 9.17) is 0 Å². The van der Waals surface area contributed by atoms with Crippen molar-refractivity contribution in [1.82, 2.24) is 0 Å². The summed E-state index contributed by atoms with van der Waals surface area (Å²) in [7, 11) is 0. The summed E-state index contributed by atoms with van der Waals surface area (Å²) in [5, 5.41) is 2.13. The lowest BCUT2D eigenvalue weighted by Crippen LogP contribution is -2.06. The molecule has 4 aromatic carbocycles. The normalized spacial score (nSPS) is 22.2. The van der Waals surface area contributed by atoms with Crippen molar-refractivity contribution in [3.63, 3.8) is 0 Å². The molecule has 4 aromatic rings. The summed E-state index contributed by atoms with van der Waals surface area (Å²) in [5.41, 5.74) is 6.62. The summed E-state index contributed by atoms with van der Waals surface area (Å²) in [6.07, 6.45) is 15.0. The van der Waals surface area contributed by atoms with Gasteiger partial charge in [0.25, 0.3) is 0 Å². The summed E-state index contributed by atoms with van der Waals surface area (Å²) in [4.78, 5) is 0. The van der Waals surface area contributed by atoms with Crippen molar-refractivity contribution < 1.29 is 26.3 Å². The van der Waals surface area contributed by atoms with Gasteiger partial charge in [-0.1, -0.05) is 80.0 Å². The molecule has 0 fully saturated rings. The first-order valence-corrected chi connectivity index (χ1v) is 15.5. The highest BCUT2D eigenvalue weighted by atomic mass is 19.2. The Morgan fingerprint density at radius 2 is 1.52 bits per heavy atom. The molecule has 0 radical (unpaired) electrons. The SMILES string of the molecule is C=C1/C=C\C=C/C\C=C2/C(=C1/C=C\C)C(=C)c1cc3c(C4C=C(F)C(F)=C(F)C4)c4ccccc4c(-c4cc(F)c(F)c(F)c4)c3cc12. The summed E-state index contributed by atoms with van der Waals surface area (Å²) in [6, 6.07) is 12.7. The molecular weight excluding hydrogens is 618 g/mol. The van der Waals surface area contributed by atoms with Gasteiger partial charge in [-0.15, -0.1) is 0 Å². The van der Waals surface area contributed by atoms with Crippen molar-refractivity contribution in [2.24, 2.45) is 0 Å². The lowest BCUT2D eigenvalue weighted by Gasteiger charge is -2.24. The minimum atomic E-state index is -1.59. The van der Waals surface area contributed by atoms with Crippen LogP contribution in [0.3, 0.4) is 0 Å². The Morgan fingerprint density at radius 1 is 0.812 bits per heavy atom. The van der Waals surface area contributed by atoms with E-state index < -0.39 is 47.3 Å². The van der Waals surface area contributed by atoms with Gasteiger partial charge in [0.2, 0.25) is 0 Å². The van der Waals surface area contributed by atoms with E-state index in [0.29, 0.717) is 44.7 Å². The monoisotopic (exact) mass is 646 g/mol. The number of rotatable bonds is 3. The third-order valence-corrected chi connectivity index (χ3v) is 9.18. The lowest BCUT2D eigenvalue weighted by molar-refractivity contribution is 0.448. The Balaban J connectivity index is 1.65. The van der Waals surface area contributed by atoms with Crippen molar-refractivity contribution >= 4 is 32.7 Å². The van der Waals surface area contributed by atoms with E-state index >= 15 is 0 Å². The molecule has 0 saturated carbocycles. The fourth-order valence-electron chi connectivity index (χ4n) is 7.12. The van der Waals surface area contributed by atoms with Crippen molar-refractivity contribution in [3.8, 4) is 11.1 Å². The topological polar surface area (TPSA) is 0 Å². The molecule has 0 spiro atoms. The van der Waals surface area contributed by atoms with Crippen LogP contribution in [0.1, 0.15) is 42.4 Å². The van der Waals surface area contributed by atoms with Gasteiger partial charge in [0.1, 0.15) is 5.83 Å². The quantitative estimate of drug-likeness (QED) is 0.118. The number of halogens is 6. The first-order valence-electron chi connectivity index (χ1n) is 15.5. The lowest BCUT2D eigenvalue weighted by atomic mass is 9.80. The minimum absolute atomic E-state index is 0.0881. The molecular formula is C42H28F6. The van der Waals surface area contributed by atoms with Gasteiger partial charge in [-0.2, -0.15) is 0 Å². The van der Waals surface area contributed by atoms with Crippen LogP contribution in [-0.4, -0.2) is 0 Å². The van der Waals surface area contributed by atoms with Crippen LogP contribution in [0.4, 0.5) is 26.3 Å². The fraction of sp³-hybridized carbons (Fsp3) is 0.0952. The second-order valence-electron chi connectivity index (χ2n) is 12.0. The van der Waals surface area contributed by atoms with E-state index in [9.17, 15) is 26.3 Å². The van der Waals surface area contributed by atoms with Crippen LogP contribution < -0.4 is 0 Å². The summed E-state index contributed by atoms with van der Waals surface area (Å²) in [6.45, 7) is 10.7. The average molecular weight is 647 g/mol. The number of hydrogen-bond acceptors (Lipinski definition) is 0. The molecule has 3 aliphatic carbocycles. The molecule has 0 N–H and O–H groups in total. The Bertz CT molecular complexity index is 2310. The fourth-order valence-corrected chi connectivity index (χ4v) is 7.12. The second kappa shape index (κ2) is 12.0. The Labute approximate surface area is 274 Å². The zero-order valence-electron chi connectivity index (χ0n) is 25.9. The summed E-state index contributed by atoms with van der Waals surface area (Å²) in [5.74, 6) is -9.22. The van der Waals surface area contributed by atoms with Gasteiger partial charge in [0.05, 0.1) is 0 Å². The standard InChI is InChI=1S/C42H28F6/c1-4-11-26-22(2)12-7-5-6-8-13-29-31-21-33-32(20-30(31)23(3)38(26)29)39(24-16-34(43)41(47)35(44)17-24)27-14-9-10-15-28(27)40(33)25-18-36(45)42(48)37(46)19-25/h4-7,9-16,18-21,24H,2-3,8,17H2,1H3/b6-5-,11-4-,12-7-,29-13-,38-26-. The van der Waals surface area contributed by atoms with Gasteiger partial charge in [-0.25, -0.2) is 26.3 Å². The average Bonchev–Trinajstić information content (AvgIpc) is 3.33. The summed E-state index contributed by atoms with van der Waals surface area (Å²) >= 11 is 0. The van der Waals surface area contributed by atoms with E-state index in [0.717, 1.165) is 51.6 Å². The Hall–Kier alpha value is -5.36. The minimum Gasteiger partial charge on any atom is -0.208 e. The number of hydrogen-bond donors (Lipinski definition) is 0. The maximum Gasteiger partial charge on any atom is 0.194 e. The predicted octanol–water partition coefficient (Wildman–Crippen LogP) is 12.9. The highest BCUT2D eigenvalue weighted by molar-refractivity contribution is 6.19. The molecule has 0 saturated heterocycles.